The lowest BCUT2D eigenvalue weighted by Gasteiger charge is -2.26. The van der Waals surface area contributed by atoms with Crippen molar-refractivity contribution in [3.05, 3.63) is 107 Å². The van der Waals surface area contributed by atoms with Gasteiger partial charge in [0.15, 0.2) is 6.04 Å². The van der Waals surface area contributed by atoms with E-state index in [0.29, 0.717) is 17.8 Å². The van der Waals surface area contributed by atoms with Crippen molar-refractivity contribution >= 4 is 40.1 Å². The van der Waals surface area contributed by atoms with Gasteiger partial charge in [0.05, 0.1) is 31.1 Å². The topological polar surface area (TPSA) is 106 Å². The summed E-state index contributed by atoms with van der Waals surface area (Å²) < 4.78 is 11.1. The number of carbonyl (C=O) groups is 3. The molecule has 3 amide bonds. The van der Waals surface area contributed by atoms with Gasteiger partial charge in [-0.05, 0) is 66.8 Å². The molecular formula is C34H37N3O5. The molecule has 218 valence electrons. The Bertz CT molecular complexity index is 1560. The first kappa shape index (κ1) is 30.3. The number of hydrogen-bond donors (Lipinski definition) is 3. The molecule has 0 aliphatic rings. The molecule has 8 heteroatoms. The predicted molar refractivity (Wildman–Crippen MR) is 166 cm³/mol. The molecule has 0 unspecified atom stereocenters. The highest BCUT2D eigenvalue weighted by atomic mass is 16.5. The van der Waals surface area contributed by atoms with Gasteiger partial charge in [0, 0.05) is 5.69 Å². The summed E-state index contributed by atoms with van der Waals surface area (Å²) in [5.41, 5.74) is 5.11. The number of amides is 3. The summed E-state index contributed by atoms with van der Waals surface area (Å²) in [6, 6.07) is 23.0. The molecular weight excluding hydrogens is 530 g/mol. The van der Waals surface area contributed by atoms with Crippen LogP contribution in [0.5, 0.6) is 0 Å². The van der Waals surface area contributed by atoms with Gasteiger partial charge in [0.25, 0.3) is 5.91 Å². The highest BCUT2D eigenvalue weighted by molar-refractivity contribution is 6.10. The van der Waals surface area contributed by atoms with E-state index in [1.807, 2.05) is 94.4 Å². The van der Waals surface area contributed by atoms with E-state index in [1.165, 1.54) is 7.11 Å². The Morgan fingerprint density at radius 1 is 0.810 bits per heavy atom. The molecule has 4 aromatic carbocycles. The monoisotopic (exact) mass is 567 g/mol. The minimum atomic E-state index is -1.07. The van der Waals surface area contributed by atoms with Crippen LogP contribution in [-0.4, -0.2) is 37.2 Å². The van der Waals surface area contributed by atoms with Crippen LogP contribution in [-0.2, 0) is 20.9 Å². The number of nitrogens with one attached hydrogen (secondary N) is 3. The van der Waals surface area contributed by atoms with Crippen molar-refractivity contribution < 1.29 is 23.9 Å². The molecule has 0 saturated heterocycles. The molecule has 3 N–H and O–H groups in total. The number of anilines is 2. The second kappa shape index (κ2) is 13.8. The molecule has 0 radical (unpaired) electrons. The summed E-state index contributed by atoms with van der Waals surface area (Å²) >= 11 is 0. The number of fused-ring (bicyclic) bond motifs is 1. The molecule has 4 rings (SSSR count). The number of urea groups is 1. The van der Waals surface area contributed by atoms with Crippen LogP contribution in [0.2, 0.25) is 0 Å². The molecule has 42 heavy (non-hydrogen) atoms. The molecule has 0 fully saturated rings. The predicted octanol–water partition coefficient (Wildman–Crippen LogP) is 6.68. The van der Waals surface area contributed by atoms with Crippen LogP contribution in [0.25, 0.3) is 10.8 Å². The largest absolute Gasteiger partial charge is 0.467 e. The first-order valence-corrected chi connectivity index (χ1v) is 13.9. The van der Waals surface area contributed by atoms with E-state index >= 15 is 0 Å². The number of ether oxygens (including phenoxy) is 2. The second-order valence-electron chi connectivity index (χ2n) is 10.3. The van der Waals surface area contributed by atoms with Crippen molar-refractivity contribution in [3.63, 3.8) is 0 Å². The first-order valence-electron chi connectivity index (χ1n) is 13.9. The Hall–Kier alpha value is -4.69. The smallest absolute Gasteiger partial charge is 0.331 e. The van der Waals surface area contributed by atoms with Gasteiger partial charge in [-0.1, -0.05) is 79.2 Å². The standard InChI is InChI=1S/C34H37N3O5/c1-6-29(42-20-24-12-8-7-9-13-24)31(33(39)41-5)36-32(38)27-18-25-14-10-11-15-26(25)19-28(27)35-34(40)37-30-22(3)16-21(2)17-23(30)4/h7-19,29,31H,6,20H2,1-5H3,(H,36,38)(H2,35,37,40)/t29-,31+/m1/s1. The summed E-state index contributed by atoms with van der Waals surface area (Å²) in [4.78, 5) is 39.8. The van der Waals surface area contributed by atoms with Crippen molar-refractivity contribution in [3.8, 4) is 0 Å². The van der Waals surface area contributed by atoms with E-state index in [2.05, 4.69) is 16.0 Å². The Balaban J connectivity index is 1.61. The molecule has 8 nitrogen and oxygen atoms in total. The minimum Gasteiger partial charge on any atom is -0.467 e. The first-order chi connectivity index (χ1) is 20.2. The quantitative estimate of drug-likeness (QED) is 0.186. The molecule has 0 aromatic heterocycles. The molecule has 4 aromatic rings. The van der Waals surface area contributed by atoms with Crippen molar-refractivity contribution in [1.82, 2.24) is 5.32 Å². The molecule has 0 spiro atoms. The number of esters is 1. The Labute approximate surface area is 246 Å². The fourth-order valence-corrected chi connectivity index (χ4v) is 5.05. The lowest BCUT2D eigenvalue weighted by Crippen LogP contribution is -2.50. The number of carbonyl (C=O) groups excluding carboxylic acids is 3. The minimum absolute atomic E-state index is 0.202. The zero-order chi connectivity index (χ0) is 30.2. The van der Waals surface area contributed by atoms with Crippen molar-refractivity contribution in [1.29, 1.82) is 0 Å². The molecule has 0 aliphatic carbocycles. The number of rotatable bonds is 10. The SMILES string of the molecule is CC[C@@H](OCc1ccccc1)[C@H](NC(=O)c1cc2ccccc2cc1NC(=O)Nc1c(C)cc(C)cc1C)C(=O)OC. The lowest BCUT2D eigenvalue weighted by molar-refractivity contribution is -0.147. The van der Waals surface area contributed by atoms with Gasteiger partial charge in [0.1, 0.15) is 0 Å². The average Bonchev–Trinajstić information content (AvgIpc) is 2.98. The zero-order valence-corrected chi connectivity index (χ0v) is 24.6. The molecule has 0 heterocycles. The molecule has 0 aliphatic heterocycles. The van der Waals surface area contributed by atoms with Gasteiger partial charge >= 0.3 is 12.0 Å². The summed E-state index contributed by atoms with van der Waals surface area (Å²) in [6.45, 7) is 8.01. The van der Waals surface area contributed by atoms with E-state index in [4.69, 9.17) is 9.47 Å². The van der Waals surface area contributed by atoms with Crippen LogP contribution in [0.4, 0.5) is 16.2 Å². The van der Waals surface area contributed by atoms with Crippen molar-refractivity contribution in [2.45, 2.75) is 52.9 Å². The highest BCUT2D eigenvalue weighted by Gasteiger charge is 2.32. The van der Waals surface area contributed by atoms with Gasteiger partial charge in [-0.25, -0.2) is 9.59 Å². The maximum Gasteiger partial charge on any atom is 0.331 e. The number of hydrogen-bond acceptors (Lipinski definition) is 5. The third-order valence-electron chi connectivity index (χ3n) is 7.12. The van der Waals surface area contributed by atoms with Crippen molar-refractivity contribution in [2.75, 3.05) is 17.7 Å². The van der Waals surface area contributed by atoms with Gasteiger partial charge < -0.3 is 25.4 Å². The molecule has 2 atom stereocenters. The summed E-state index contributed by atoms with van der Waals surface area (Å²) in [5, 5.41) is 10.2. The third-order valence-corrected chi connectivity index (χ3v) is 7.12. The van der Waals surface area contributed by atoms with Crippen LogP contribution in [0.15, 0.2) is 78.9 Å². The Kier molecular flexibility index (Phi) is 9.93. The van der Waals surface area contributed by atoms with E-state index in [0.717, 1.165) is 33.0 Å². The van der Waals surface area contributed by atoms with E-state index in [9.17, 15) is 14.4 Å². The third kappa shape index (κ3) is 7.33. The summed E-state index contributed by atoms with van der Waals surface area (Å²) in [5.74, 6) is -1.17. The molecule has 0 saturated carbocycles. The van der Waals surface area contributed by atoms with Gasteiger partial charge in [-0.3, -0.25) is 4.79 Å². The Morgan fingerprint density at radius 3 is 2.05 bits per heavy atom. The van der Waals surface area contributed by atoms with Crippen molar-refractivity contribution in [2.24, 2.45) is 0 Å². The van der Waals surface area contributed by atoms with Crippen LogP contribution in [0.3, 0.4) is 0 Å². The van der Waals surface area contributed by atoms with Crippen LogP contribution < -0.4 is 16.0 Å². The highest BCUT2D eigenvalue weighted by Crippen LogP contribution is 2.26. The van der Waals surface area contributed by atoms with E-state index in [-0.39, 0.29) is 12.2 Å². The van der Waals surface area contributed by atoms with Crippen LogP contribution in [0.1, 0.15) is 46.0 Å². The summed E-state index contributed by atoms with van der Waals surface area (Å²) in [6.07, 6.45) is -0.192. The van der Waals surface area contributed by atoms with Gasteiger partial charge in [-0.2, -0.15) is 0 Å². The average molecular weight is 568 g/mol. The fourth-order valence-electron chi connectivity index (χ4n) is 5.05. The van der Waals surface area contributed by atoms with Gasteiger partial charge in [-0.15, -0.1) is 0 Å². The Morgan fingerprint density at radius 2 is 1.43 bits per heavy atom. The summed E-state index contributed by atoms with van der Waals surface area (Å²) in [7, 11) is 1.27. The number of benzene rings is 4. The normalized spacial score (nSPS) is 12.3. The van der Waals surface area contributed by atoms with Gasteiger partial charge in [0.2, 0.25) is 0 Å². The van der Waals surface area contributed by atoms with Crippen LogP contribution >= 0.6 is 0 Å². The van der Waals surface area contributed by atoms with E-state index in [1.54, 1.807) is 12.1 Å². The number of methoxy groups -OCH3 is 1. The maximum absolute atomic E-state index is 13.8. The zero-order valence-electron chi connectivity index (χ0n) is 24.6. The number of aryl methyl sites for hydroxylation is 3. The fraction of sp³-hybridized carbons (Fsp3) is 0.265. The maximum atomic E-state index is 13.8. The second-order valence-corrected chi connectivity index (χ2v) is 10.3. The van der Waals surface area contributed by atoms with Crippen LogP contribution in [0, 0.1) is 20.8 Å². The van der Waals surface area contributed by atoms with E-state index < -0.39 is 30.1 Å². The molecule has 0 bridgehead atoms. The lowest BCUT2D eigenvalue weighted by atomic mass is 10.0.